The number of hydrogen-bond acceptors (Lipinski definition) is 5. The van der Waals surface area contributed by atoms with Crippen molar-refractivity contribution in [1.82, 2.24) is 4.31 Å². The van der Waals surface area contributed by atoms with Crippen LogP contribution in [-0.2, 0) is 16.6 Å². The minimum atomic E-state index is -3.64. The number of carbonyl (C=O) groups is 1. The van der Waals surface area contributed by atoms with E-state index in [4.69, 9.17) is 9.15 Å². The van der Waals surface area contributed by atoms with Gasteiger partial charge in [-0.25, -0.2) is 12.7 Å². The van der Waals surface area contributed by atoms with Crippen LogP contribution in [0.3, 0.4) is 0 Å². The second kappa shape index (κ2) is 8.73. The summed E-state index contributed by atoms with van der Waals surface area (Å²) in [5.74, 6) is 0.315. The predicted octanol–water partition coefficient (Wildman–Crippen LogP) is 3.98. The van der Waals surface area contributed by atoms with Crippen LogP contribution < -0.4 is 10.1 Å². The van der Waals surface area contributed by atoms with E-state index in [2.05, 4.69) is 5.32 Å². The van der Waals surface area contributed by atoms with Gasteiger partial charge in [-0.3, -0.25) is 4.79 Å². The number of benzene rings is 2. The quantitative estimate of drug-likeness (QED) is 0.615. The number of nitrogens with one attached hydrogen (secondary N) is 1. The number of aryl methyl sites for hydroxylation is 1. The highest BCUT2D eigenvalue weighted by Crippen LogP contribution is 2.26. The summed E-state index contributed by atoms with van der Waals surface area (Å²) in [7, 11) is -0.711. The number of rotatable bonds is 7. The maximum absolute atomic E-state index is 12.8. The molecule has 8 heteroatoms. The third kappa shape index (κ3) is 4.55. The van der Waals surface area contributed by atoms with E-state index in [0.717, 1.165) is 15.4 Å². The van der Waals surface area contributed by atoms with Crippen molar-refractivity contribution >= 4 is 21.6 Å². The fourth-order valence-corrected chi connectivity index (χ4v) is 3.84. The molecular weight excluding hydrogens is 404 g/mol. The molecule has 1 N–H and O–H groups in total. The molecule has 0 bridgehead atoms. The first-order chi connectivity index (χ1) is 14.2. The summed E-state index contributed by atoms with van der Waals surface area (Å²) in [5, 5.41) is 2.77. The number of anilines is 1. The van der Waals surface area contributed by atoms with Gasteiger partial charge in [0.2, 0.25) is 10.0 Å². The molecule has 158 valence electrons. The Morgan fingerprint density at radius 1 is 1.10 bits per heavy atom. The molecule has 3 aromatic rings. The molecule has 0 atom stereocenters. The van der Waals surface area contributed by atoms with Gasteiger partial charge < -0.3 is 14.5 Å². The number of hydrogen-bond donors (Lipinski definition) is 1. The third-order valence-corrected chi connectivity index (χ3v) is 6.55. The van der Waals surface area contributed by atoms with Gasteiger partial charge in [0.15, 0.2) is 5.76 Å². The lowest BCUT2D eigenvalue weighted by atomic mass is 10.1. The van der Waals surface area contributed by atoms with Gasteiger partial charge in [-0.2, -0.15) is 0 Å². The van der Waals surface area contributed by atoms with Crippen LogP contribution in [0.5, 0.6) is 5.75 Å². The van der Waals surface area contributed by atoms with Crippen LogP contribution in [0, 0.1) is 13.8 Å². The zero-order valence-electron chi connectivity index (χ0n) is 17.3. The number of carbonyl (C=O) groups excluding carboxylic acids is 1. The Morgan fingerprint density at radius 2 is 1.80 bits per heavy atom. The fraction of sp³-hybridized carbons (Fsp3) is 0.227. The molecule has 0 saturated carbocycles. The van der Waals surface area contributed by atoms with E-state index in [1.165, 1.54) is 26.4 Å². The van der Waals surface area contributed by atoms with Crippen LogP contribution in [0.15, 0.2) is 64.1 Å². The Labute approximate surface area is 176 Å². The minimum Gasteiger partial charge on any atom is -0.489 e. The summed E-state index contributed by atoms with van der Waals surface area (Å²) < 4.78 is 37.2. The van der Waals surface area contributed by atoms with Gasteiger partial charge in [-0.1, -0.05) is 18.2 Å². The smallest absolute Gasteiger partial charge is 0.291 e. The predicted molar refractivity (Wildman–Crippen MR) is 114 cm³/mol. The van der Waals surface area contributed by atoms with Crippen molar-refractivity contribution in [3.8, 4) is 5.75 Å². The van der Waals surface area contributed by atoms with E-state index < -0.39 is 15.9 Å². The Kier molecular flexibility index (Phi) is 6.28. The zero-order valence-corrected chi connectivity index (χ0v) is 18.1. The van der Waals surface area contributed by atoms with Crippen LogP contribution in [0.1, 0.15) is 27.2 Å². The maximum atomic E-state index is 12.8. The van der Waals surface area contributed by atoms with E-state index in [1.54, 1.807) is 19.1 Å². The topological polar surface area (TPSA) is 88.9 Å². The van der Waals surface area contributed by atoms with Crippen molar-refractivity contribution in [3.05, 3.63) is 77.2 Å². The number of para-hydroxylation sites is 1. The molecule has 30 heavy (non-hydrogen) atoms. The lowest BCUT2D eigenvalue weighted by Crippen LogP contribution is -2.23. The standard InChI is InChI=1S/C22H24N2O5S/c1-15-12-19(30(26,27)24(3)4)13-20(16(15)2)23-22(25)21-17(10-11-28-21)14-29-18-8-6-5-7-9-18/h5-13H,14H2,1-4H3,(H,23,25). The molecule has 0 radical (unpaired) electrons. The molecule has 0 aliphatic rings. The fourth-order valence-electron chi connectivity index (χ4n) is 2.82. The number of amides is 1. The highest BCUT2D eigenvalue weighted by Gasteiger charge is 2.22. The summed E-state index contributed by atoms with van der Waals surface area (Å²) in [6.45, 7) is 3.78. The molecule has 0 spiro atoms. The number of ether oxygens (including phenoxy) is 1. The molecule has 0 unspecified atom stereocenters. The van der Waals surface area contributed by atoms with Crippen molar-refractivity contribution in [2.75, 3.05) is 19.4 Å². The van der Waals surface area contributed by atoms with Crippen molar-refractivity contribution < 1.29 is 22.4 Å². The van der Waals surface area contributed by atoms with Gasteiger partial charge >= 0.3 is 0 Å². The first kappa shape index (κ1) is 21.6. The first-order valence-corrected chi connectivity index (χ1v) is 10.7. The molecule has 3 rings (SSSR count). The van der Waals surface area contributed by atoms with Crippen LogP contribution in [0.2, 0.25) is 0 Å². The SMILES string of the molecule is Cc1cc(S(=O)(=O)N(C)C)cc(NC(=O)c2occc2COc2ccccc2)c1C. The lowest BCUT2D eigenvalue weighted by molar-refractivity contribution is 0.0993. The first-order valence-electron chi connectivity index (χ1n) is 9.29. The number of sulfonamides is 1. The molecule has 1 heterocycles. The van der Waals surface area contributed by atoms with E-state index in [9.17, 15) is 13.2 Å². The summed E-state index contributed by atoms with van der Waals surface area (Å²) in [5.41, 5.74) is 2.52. The summed E-state index contributed by atoms with van der Waals surface area (Å²) >= 11 is 0. The van der Waals surface area contributed by atoms with E-state index in [0.29, 0.717) is 17.0 Å². The van der Waals surface area contributed by atoms with Gasteiger partial charge in [-0.15, -0.1) is 0 Å². The number of furan rings is 1. The van der Waals surface area contributed by atoms with Gasteiger partial charge in [-0.05, 0) is 55.3 Å². The lowest BCUT2D eigenvalue weighted by Gasteiger charge is -2.16. The summed E-state index contributed by atoms with van der Waals surface area (Å²) in [6, 6.07) is 14.0. The molecular formula is C22H24N2O5S. The largest absolute Gasteiger partial charge is 0.489 e. The van der Waals surface area contributed by atoms with E-state index in [1.807, 2.05) is 37.3 Å². The Morgan fingerprint density at radius 3 is 2.47 bits per heavy atom. The molecule has 1 aromatic heterocycles. The summed E-state index contributed by atoms with van der Waals surface area (Å²) in [6.07, 6.45) is 1.42. The highest BCUT2D eigenvalue weighted by molar-refractivity contribution is 7.89. The average Bonchev–Trinajstić information content (AvgIpc) is 3.19. The van der Waals surface area contributed by atoms with Gasteiger partial charge in [0, 0.05) is 25.3 Å². The zero-order chi connectivity index (χ0) is 21.9. The molecule has 2 aromatic carbocycles. The van der Waals surface area contributed by atoms with Crippen LogP contribution >= 0.6 is 0 Å². The third-order valence-electron chi connectivity index (χ3n) is 4.76. The Bertz CT molecular complexity index is 1150. The van der Waals surface area contributed by atoms with Crippen molar-refractivity contribution in [3.63, 3.8) is 0 Å². The molecule has 0 aliphatic heterocycles. The molecule has 7 nitrogen and oxygen atoms in total. The highest BCUT2D eigenvalue weighted by atomic mass is 32.2. The Hall–Kier alpha value is -3.10. The van der Waals surface area contributed by atoms with Crippen LogP contribution in [-0.4, -0.2) is 32.7 Å². The van der Waals surface area contributed by atoms with Gasteiger partial charge in [0.05, 0.1) is 11.2 Å². The molecule has 1 amide bonds. The molecule has 0 saturated heterocycles. The monoisotopic (exact) mass is 428 g/mol. The summed E-state index contributed by atoms with van der Waals surface area (Å²) in [4.78, 5) is 13.0. The number of nitrogens with zero attached hydrogens (tertiary/aromatic N) is 1. The van der Waals surface area contributed by atoms with E-state index >= 15 is 0 Å². The maximum Gasteiger partial charge on any atom is 0.291 e. The van der Waals surface area contributed by atoms with Crippen molar-refractivity contribution in [1.29, 1.82) is 0 Å². The van der Waals surface area contributed by atoms with Gasteiger partial charge in [0.1, 0.15) is 12.4 Å². The van der Waals surface area contributed by atoms with E-state index in [-0.39, 0.29) is 17.3 Å². The minimum absolute atomic E-state index is 0.109. The average molecular weight is 429 g/mol. The van der Waals surface area contributed by atoms with Gasteiger partial charge in [0.25, 0.3) is 5.91 Å². The van der Waals surface area contributed by atoms with Crippen LogP contribution in [0.25, 0.3) is 0 Å². The van der Waals surface area contributed by atoms with Crippen molar-refractivity contribution in [2.24, 2.45) is 0 Å². The second-order valence-electron chi connectivity index (χ2n) is 7.03. The molecule has 0 aliphatic carbocycles. The normalized spacial score (nSPS) is 11.5. The van der Waals surface area contributed by atoms with Crippen molar-refractivity contribution in [2.45, 2.75) is 25.3 Å². The van der Waals surface area contributed by atoms with Crippen LogP contribution in [0.4, 0.5) is 5.69 Å². The Balaban J connectivity index is 1.83. The second-order valence-corrected chi connectivity index (χ2v) is 9.18. The molecule has 0 fully saturated rings.